The average Bonchev–Trinajstić information content (AvgIpc) is 3.07. The van der Waals surface area contributed by atoms with Gasteiger partial charge in [-0.15, -0.1) is 11.8 Å². The van der Waals surface area contributed by atoms with Gasteiger partial charge in [-0.1, -0.05) is 30.4 Å². The molecule has 0 aliphatic heterocycles. The molecule has 1 aromatic heterocycles. The second kappa shape index (κ2) is 7.17. The van der Waals surface area contributed by atoms with E-state index < -0.39 is 17.0 Å². The predicted octanol–water partition coefficient (Wildman–Crippen LogP) is 5.07. The highest BCUT2D eigenvalue weighted by Gasteiger charge is 2.43. The van der Waals surface area contributed by atoms with Crippen molar-refractivity contribution in [1.82, 2.24) is 4.98 Å². The van der Waals surface area contributed by atoms with Crippen LogP contribution in [0.5, 0.6) is 0 Å². The Morgan fingerprint density at radius 1 is 1.18 bits per heavy atom. The van der Waals surface area contributed by atoms with E-state index in [0.29, 0.717) is 11.3 Å². The maximum atomic E-state index is 13.7. The first kappa shape index (κ1) is 18.3. The molecule has 0 amide bonds. The fourth-order valence-electron chi connectivity index (χ4n) is 3.56. The van der Waals surface area contributed by atoms with Gasteiger partial charge in [-0.25, -0.2) is 8.78 Å². The van der Waals surface area contributed by atoms with Crippen LogP contribution in [-0.2, 0) is 6.42 Å². The molecule has 3 aromatic rings. The molecule has 2 atom stereocenters. The molecule has 3 N–H and O–H groups in total. The molecule has 28 heavy (non-hydrogen) atoms. The van der Waals surface area contributed by atoms with Crippen LogP contribution in [-0.4, -0.2) is 10.2 Å². The van der Waals surface area contributed by atoms with Crippen LogP contribution < -0.4 is 5.73 Å². The van der Waals surface area contributed by atoms with Crippen LogP contribution in [0, 0.1) is 28.4 Å². The van der Waals surface area contributed by atoms with Gasteiger partial charge < -0.3 is 10.7 Å². The molecule has 3 nitrogen and oxygen atoms in total. The molecular weight excluding hydrogens is 376 g/mol. The minimum Gasteiger partial charge on any atom is -0.401 e. The van der Waals surface area contributed by atoms with E-state index in [1.807, 2.05) is 42.6 Å². The van der Waals surface area contributed by atoms with Gasteiger partial charge in [0.05, 0.1) is 11.3 Å². The van der Waals surface area contributed by atoms with Crippen LogP contribution in [0.3, 0.4) is 0 Å². The number of allylic oxidation sites excluding steroid dienone is 3. The number of hydrogen-bond acceptors (Lipinski definition) is 3. The van der Waals surface area contributed by atoms with Crippen molar-refractivity contribution in [2.24, 2.45) is 11.1 Å². The largest absolute Gasteiger partial charge is 0.401 e. The lowest BCUT2D eigenvalue weighted by atomic mass is 9.74. The minimum absolute atomic E-state index is 0.116. The zero-order valence-corrected chi connectivity index (χ0v) is 15.6. The van der Waals surface area contributed by atoms with E-state index >= 15 is 0 Å². The Bertz CT molecular complexity index is 1120. The van der Waals surface area contributed by atoms with Crippen LogP contribution in [0.4, 0.5) is 8.78 Å². The number of thioether (sulfide) groups is 1. The molecular formula is C22H17F2N3S. The number of rotatable bonds is 4. The van der Waals surface area contributed by atoms with Crippen molar-refractivity contribution in [3.63, 3.8) is 0 Å². The number of aromatic amines is 1. The summed E-state index contributed by atoms with van der Waals surface area (Å²) in [5.41, 5.74) is 6.94. The van der Waals surface area contributed by atoms with Crippen molar-refractivity contribution < 1.29 is 8.78 Å². The number of nitrogens with one attached hydrogen (secondary N) is 1. The van der Waals surface area contributed by atoms with Crippen molar-refractivity contribution in [3.05, 3.63) is 89.8 Å². The number of fused-ring (bicyclic) bond motifs is 1. The van der Waals surface area contributed by atoms with Crippen LogP contribution in [0.2, 0.25) is 0 Å². The third kappa shape index (κ3) is 3.19. The highest BCUT2D eigenvalue weighted by Crippen LogP contribution is 2.46. The van der Waals surface area contributed by atoms with Gasteiger partial charge in [0.25, 0.3) is 0 Å². The lowest BCUT2D eigenvalue weighted by Crippen LogP contribution is -2.39. The van der Waals surface area contributed by atoms with Crippen LogP contribution in [0.15, 0.2) is 77.5 Å². The molecule has 1 aliphatic carbocycles. The second-order valence-corrected chi connectivity index (χ2v) is 7.96. The summed E-state index contributed by atoms with van der Waals surface area (Å²) in [5.74, 6) is -1.34. The SMILES string of the molecule is N#CC1(Cc2cc(F)cc(F)c2)C(N)=CC=CC1Sc1c[nH]c2ccccc12. The fraction of sp³-hybridized carbons (Fsp3) is 0.136. The number of nitrogens with zero attached hydrogens (tertiary/aromatic N) is 1. The number of halogens is 2. The van der Waals surface area contributed by atoms with E-state index in [1.54, 1.807) is 6.08 Å². The van der Waals surface area contributed by atoms with E-state index in [1.165, 1.54) is 23.9 Å². The number of aromatic nitrogens is 1. The number of nitrogens with two attached hydrogens (primary N) is 1. The molecule has 4 rings (SSSR count). The third-order valence-electron chi connectivity index (χ3n) is 4.97. The number of nitriles is 1. The van der Waals surface area contributed by atoms with Crippen molar-refractivity contribution in [3.8, 4) is 6.07 Å². The van der Waals surface area contributed by atoms with Gasteiger partial charge in [0, 0.05) is 33.8 Å². The molecule has 0 radical (unpaired) electrons. The summed E-state index contributed by atoms with van der Waals surface area (Å²) in [7, 11) is 0. The minimum atomic E-state index is -1.11. The summed E-state index contributed by atoms with van der Waals surface area (Å²) in [5, 5.41) is 10.9. The molecule has 0 fully saturated rings. The molecule has 0 spiro atoms. The quantitative estimate of drug-likeness (QED) is 0.650. The van der Waals surface area contributed by atoms with Gasteiger partial charge in [-0.05, 0) is 36.3 Å². The van der Waals surface area contributed by atoms with E-state index in [9.17, 15) is 14.0 Å². The van der Waals surface area contributed by atoms with Crippen molar-refractivity contribution in [2.75, 3.05) is 0 Å². The van der Waals surface area contributed by atoms with Gasteiger partial charge in [-0.3, -0.25) is 0 Å². The highest BCUT2D eigenvalue weighted by atomic mass is 32.2. The lowest BCUT2D eigenvalue weighted by molar-refractivity contribution is 0.474. The predicted molar refractivity (Wildman–Crippen MR) is 107 cm³/mol. The van der Waals surface area contributed by atoms with Crippen LogP contribution in [0.25, 0.3) is 10.9 Å². The summed E-state index contributed by atoms with van der Waals surface area (Å²) >= 11 is 1.51. The number of para-hydroxylation sites is 1. The zero-order chi connectivity index (χ0) is 19.7. The summed E-state index contributed by atoms with van der Waals surface area (Å²) in [6.07, 6.45) is 7.45. The average molecular weight is 393 g/mol. The first-order valence-corrected chi connectivity index (χ1v) is 9.63. The maximum Gasteiger partial charge on any atom is 0.126 e. The number of benzene rings is 2. The van der Waals surface area contributed by atoms with E-state index in [4.69, 9.17) is 5.73 Å². The number of H-pyrrole nitrogens is 1. The highest BCUT2D eigenvalue weighted by molar-refractivity contribution is 8.00. The summed E-state index contributed by atoms with van der Waals surface area (Å²) < 4.78 is 27.4. The standard InChI is InChI=1S/C22H17F2N3S/c23-15-8-14(9-16(24)10-15)11-22(13-25)20(26)6-3-7-21(22)28-19-12-27-18-5-2-1-4-17(18)19/h1-10,12,21,27H,11,26H2. The summed E-state index contributed by atoms with van der Waals surface area (Å²) in [6, 6.07) is 13.6. The van der Waals surface area contributed by atoms with Crippen LogP contribution in [0.1, 0.15) is 5.56 Å². The van der Waals surface area contributed by atoms with Gasteiger partial charge >= 0.3 is 0 Å². The Labute approximate surface area is 165 Å². The van der Waals surface area contributed by atoms with E-state index in [2.05, 4.69) is 11.1 Å². The van der Waals surface area contributed by atoms with Crippen LogP contribution >= 0.6 is 11.8 Å². The van der Waals surface area contributed by atoms with Gasteiger partial charge in [0.2, 0.25) is 0 Å². The molecule has 6 heteroatoms. The summed E-state index contributed by atoms with van der Waals surface area (Å²) in [6.45, 7) is 0. The van der Waals surface area contributed by atoms with Crippen molar-refractivity contribution in [2.45, 2.75) is 16.6 Å². The molecule has 1 heterocycles. The topological polar surface area (TPSA) is 65.6 Å². The molecule has 0 saturated heterocycles. The Hall–Kier alpha value is -3.04. The smallest absolute Gasteiger partial charge is 0.126 e. The Kier molecular flexibility index (Phi) is 4.70. The maximum absolute atomic E-state index is 13.7. The lowest BCUT2D eigenvalue weighted by Gasteiger charge is -2.35. The summed E-state index contributed by atoms with van der Waals surface area (Å²) in [4.78, 5) is 4.22. The monoisotopic (exact) mass is 393 g/mol. The van der Waals surface area contributed by atoms with Gasteiger partial charge in [0.15, 0.2) is 0 Å². The number of hydrogen-bond donors (Lipinski definition) is 2. The zero-order valence-electron chi connectivity index (χ0n) is 14.8. The molecule has 140 valence electrons. The molecule has 0 saturated carbocycles. The molecule has 1 aliphatic rings. The first-order valence-electron chi connectivity index (χ1n) is 8.75. The van der Waals surface area contributed by atoms with Gasteiger partial charge in [-0.2, -0.15) is 5.26 Å². The molecule has 2 aromatic carbocycles. The third-order valence-corrected chi connectivity index (χ3v) is 6.38. The molecule has 2 unspecified atom stereocenters. The normalized spacial score (nSPS) is 21.5. The second-order valence-electron chi connectivity index (χ2n) is 6.78. The van der Waals surface area contributed by atoms with Crippen molar-refractivity contribution >= 4 is 22.7 Å². The van der Waals surface area contributed by atoms with Gasteiger partial charge in [0.1, 0.15) is 17.0 Å². The fourth-order valence-corrected chi connectivity index (χ4v) is 4.91. The van der Waals surface area contributed by atoms with E-state index in [-0.39, 0.29) is 11.7 Å². The van der Waals surface area contributed by atoms with Crippen molar-refractivity contribution in [1.29, 1.82) is 5.26 Å². The Morgan fingerprint density at radius 3 is 2.68 bits per heavy atom. The Morgan fingerprint density at radius 2 is 1.93 bits per heavy atom. The first-order chi connectivity index (χ1) is 13.5. The van der Waals surface area contributed by atoms with E-state index in [0.717, 1.165) is 21.9 Å². The molecule has 0 bridgehead atoms. The Balaban J connectivity index is 1.73.